The van der Waals surface area contributed by atoms with E-state index in [1.165, 1.54) is 0 Å². The monoisotopic (exact) mass is 556 g/mol. The maximum Gasteiger partial charge on any atom is 0.335 e. The normalized spacial score (nSPS) is 22.7. The fourth-order valence-corrected chi connectivity index (χ4v) is 6.53. The van der Waals surface area contributed by atoms with Crippen LogP contribution in [0.3, 0.4) is 0 Å². The van der Waals surface area contributed by atoms with Crippen LogP contribution in [0.5, 0.6) is 0 Å². The van der Waals surface area contributed by atoms with Gasteiger partial charge in [0.15, 0.2) is 0 Å². The third-order valence-electron chi connectivity index (χ3n) is 8.21. The van der Waals surface area contributed by atoms with Gasteiger partial charge in [-0.1, -0.05) is 70.0 Å². The summed E-state index contributed by atoms with van der Waals surface area (Å²) in [6, 6.07) is 11.9. The van der Waals surface area contributed by atoms with Crippen molar-refractivity contribution in [1.82, 2.24) is 4.90 Å². The van der Waals surface area contributed by atoms with Gasteiger partial charge in [-0.15, -0.1) is 0 Å². The maximum absolute atomic E-state index is 14.3. The molecule has 1 amide bonds. The van der Waals surface area contributed by atoms with Gasteiger partial charge in [-0.25, -0.2) is 4.79 Å². The highest BCUT2D eigenvalue weighted by Gasteiger charge is 2.52. The number of carbonyl (C=O) groups excluding carboxylic acids is 1. The fourth-order valence-electron chi connectivity index (χ4n) is 6.01. The Morgan fingerprint density at radius 3 is 2.13 bits per heavy atom. The van der Waals surface area contributed by atoms with Gasteiger partial charge in [0.1, 0.15) is 11.4 Å². The Morgan fingerprint density at radius 2 is 1.63 bits per heavy atom. The number of carbonyl (C=O) groups is 2. The zero-order valence-corrected chi connectivity index (χ0v) is 24.4. The van der Waals surface area contributed by atoms with Crippen LogP contribution in [0.25, 0.3) is 0 Å². The number of carboxylic acid groups (broad SMARTS) is 1. The van der Waals surface area contributed by atoms with Crippen molar-refractivity contribution >= 4 is 40.8 Å². The molecule has 38 heavy (non-hydrogen) atoms. The summed E-state index contributed by atoms with van der Waals surface area (Å²) in [5.41, 5.74) is 1.73. The van der Waals surface area contributed by atoms with Crippen LogP contribution in [0, 0.1) is 17.3 Å². The topological polar surface area (TPSA) is 70.0 Å². The lowest BCUT2D eigenvalue weighted by Gasteiger charge is -2.47. The molecular formula is C31H38Cl2N2O3. The highest BCUT2D eigenvalue weighted by atomic mass is 35.5. The predicted molar refractivity (Wildman–Crippen MR) is 154 cm³/mol. The van der Waals surface area contributed by atoms with Crippen molar-refractivity contribution in [3.05, 3.63) is 69.2 Å². The lowest BCUT2D eigenvalue weighted by molar-refractivity contribution is -0.133. The number of aliphatic imine (C=N–C) groups is 1. The van der Waals surface area contributed by atoms with E-state index in [4.69, 9.17) is 28.2 Å². The van der Waals surface area contributed by atoms with E-state index in [1.807, 2.05) is 17.0 Å². The molecule has 2 aromatic carbocycles. The summed E-state index contributed by atoms with van der Waals surface area (Å²) in [5.74, 6) is -0.0799. The number of aromatic carboxylic acids is 1. The molecule has 1 N–H and O–H groups in total. The molecule has 1 saturated carbocycles. The second kappa shape index (κ2) is 11.0. The van der Waals surface area contributed by atoms with Gasteiger partial charge in [-0.05, 0) is 91.7 Å². The number of nitrogens with zero attached hydrogens (tertiary/aromatic N) is 2. The van der Waals surface area contributed by atoms with Gasteiger partial charge in [0.25, 0.3) is 5.91 Å². The molecule has 1 unspecified atom stereocenters. The van der Waals surface area contributed by atoms with Gasteiger partial charge in [0.05, 0.1) is 11.6 Å². The summed E-state index contributed by atoms with van der Waals surface area (Å²) in [5, 5.41) is 10.4. The van der Waals surface area contributed by atoms with E-state index >= 15 is 0 Å². The van der Waals surface area contributed by atoms with Gasteiger partial charge in [0.2, 0.25) is 0 Å². The summed E-state index contributed by atoms with van der Waals surface area (Å²) < 4.78 is 0. The van der Waals surface area contributed by atoms with Gasteiger partial charge >= 0.3 is 5.97 Å². The van der Waals surface area contributed by atoms with E-state index in [9.17, 15) is 14.7 Å². The van der Waals surface area contributed by atoms with Crippen LogP contribution in [0.1, 0.15) is 101 Å². The summed E-state index contributed by atoms with van der Waals surface area (Å²) >= 11 is 12.7. The molecule has 1 aliphatic heterocycles. The van der Waals surface area contributed by atoms with Crippen molar-refractivity contribution in [2.75, 3.05) is 0 Å². The molecule has 1 aliphatic carbocycles. The van der Waals surface area contributed by atoms with Crippen molar-refractivity contribution in [3.8, 4) is 0 Å². The molecule has 204 valence electrons. The molecule has 1 heterocycles. The number of amides is 1. The number of rotatable bonds is 7. The molecule has 1 fully saturated rings. The minimum absolute atomic E-state index is 0.117. The zero-order chi connectivity index (χ0) is 27.8. The van der Waals surface area contributed by atoms with Crippen molar-refractivity contribution in [2.24, 2.45) is 22.2 Å². The standard InChI is InChI=1S/C31H38Cl2N2O3/c1-19(2)6-11-26(20-7-9-21(10-8-20)29(37)38)35-28(36)27(22-16-24(32)18-25(33)17-22)34-31(35)14-12-23(13-15-31)30(3,4)5/h7-10,16-19,23,26H,6,11-15H2,1-5H3,(H,37,38). The molecule has 1 atom stereocenters. The Morgan fingerprint density at radius 1 is 1.05 bits per heavy atom. The largest absolute Gasteiger partial charge is 0.478 e. The highest BCUT2D eigenvalue weighted by molar-refractivity contribution is 6.47. The first kappa shape index (κ1) is 28.6. The van der Waals surface area contributed by atoms with Crippen molar-refractivity contribution in [1.29, 1.82) is 0 Å². The van der Waals surface area contributed by atoms with Crippen LogP contribution in [-0.2, 0) is 4.79 Å². The molecule has 0 radical (unpaired) electrons. The minimum Gasteiger partial charge on any atom is -0.478 e. The third kappa shape index (κ3) is 5.94. The second-order valence-electron chi connectivity index (χ2n) is 12.3. The SMILES string of the molecule is CC(C)CCC(c1ccc(C(=O)O)cc1)N1C(=O)C(c2cc(Cl)cc(Cl)c2)=NC12CCC(C(C)(C)C)CC2. The first-order valence-corrected chi connectivity index (χ1v) is 14.3. The van der Waals surface area contributed by atoms with E-state index in [0.29, 0.717) is 33.2 Å². The van der Waals surface area contributed by atoms with Crippen molar-refractivity contribution < 1.29 is 14.7 Å². The minimum atomic E-state index is -0.965. The highest BCUT2D eigenvalue weighted by Crippen LogP contribution is 2.50. The first-order valence-electron chi connectivity index (χ1n) is 13.5. The smallest absolute Gasteiger partial charge is 0.335 e. The predicted octanol–water partition coefficient (Wildman–Crippen LogP) is 8.43. The van der Waals surface area contributed by atoms with E-state index < -0.39 is 11.6 Å². The number of halogens is 2. The molecule has 5 nitrogen and oxygen atoms in total. The average molecular weight is 558 g/mol. The van der Waals surface area contributed by atoms with E-state index in [1.54, 1.807) is 30.3 Å². The van der Waals surface area contributed by atoms with Crippen molar-refractivity contribution in [3.63, 3.8) is 0 Å². The van der Waals surface area contributed by atoms with E-state index in [0.717, 1.165) is 44.1 Å². The molecule has 2 aromatic rings. The van der Waals surface area contributed by atoms with Crippen LogP contribution in [0.4, 0.5) is 0 Å². The van der Waals surface area contributed by atoms with Crippen LogP contribution < -0.4 is 0 Å². The second-order valence-corrected chi connectivity index (χ2v) is 13.2. The summed E-state index contributed by atoms with van der Waals surface area (Å²) in [7, 11) is 0. The van der Waals surface area contributed by atoms with Crippen LogP contribution in [0.15, 0.2) is 47.5 Å². The first-order chi connectivity index (χ1) is 17.8. The van der Waals surface area contributed by atoms with Gasteiger partial charge in [-0.2, -0.15) is 0 Å². The average Bonchev–Trinajstić information content (AvgIpc) is 3.10. The summed E-state index contributed by atoms with van der Waals surface area (Å²) in [4.78, 5) is 33.1. The fraction of sp³-hybridized carbons (Fsp3) is 0.516. The number of benzene rings is 2. The quantitative estimate of drug-likeness (QED) is 0.371. The third-order valence-corrected chi connectivity index (χ3v) is 8.64. The molecule has 0 aromatic heterocycles. The Hall–Kier alpha value is -2.37. The summed E-state index contributed by atoms with van der Waals surface area (Å²) in [6.07, 6.45) is 5.21. The molecule has 4 rings (SSSR count). The number of hydrogen-bond acceptors (Lipinski definition) is 3. The molecule has 0 saturated heterocycles. The lowest BCUT2D eigenvalue weighted by Crippen LogP contribution is -2.51. The summed E-state index contributed by atoms with van der Waals surface area (Å²) in [6.45, 7) is 11.2. The van der Waals surface area contributed by atoms with Gasteiger partial charge < -0.3 is 10.0 Å². The number of carboxylic acids is 1. The molecule has 1 spiro atoms. The van der Waals surface area contributed by atoms with Crippen LogP contribution in [0.2, 0.25) is 10.0 Å². The Kier molecular flexibility index (Phi) is 8.30. The maximum atomic E-state index is 14.3. The van der Waals surface area contributed by atoms with Crippen molar-refractivity contribution in [2.45, 2.75) is 84.8 Å². The van der Waals surface area contributed by atoms with Gasteiger partial charge in [-0.3, -0.25) is 9.79 Å². The van der Waals surface area contributed by atoms with E-state index in [-0.39, 0.29) is 22.9 Å². The van der Waals surface area contributed by atoms with Crippen LogP contribution in [-0.4, -0.2) is 33.3 Å². The van der Waals surface area contributed by atoms with E-state index in [2.05, 4.69) is 34.6 Å². The lowest BCUT2D eigenvalue weighted by atomic mass is 9.69. The Balaban J connectivity index is 1.81. The molecule has 0 bridgehead atoms. The Bertz CT molecular complexity index is 1200. The zero-order valence-electron chi connectivity index (χ0n) is 22.9. The molecule has 7 heteroatoms. The van der Waals surface area contributed by atoms with Gasteiger partial charge in [0, 0.05) is 15.6 Å². The Labute approximate surface area is 236 Å². The molecule has 2 aliphatic rings. The van der Waals surface area contributed by atoms with Crippen LogP contribution >= 0.6 is 23.2 Å². The number of hydrogen-bond donors (Lipinski definition) is 1. The molecular weight excluding hydrogens is 519 g/mol.